The molecule has 0 radical (unpaired) electrons. The SMILES string of the molecule is C#CCCCC(Cc1cccc(Cl)c1)NC. The number of benzene rings is 1. The van der Waals surface area contributed by atoms with Gasteiger partial charge < -0.3 is 5.32 Å². The Morgan fingerprint density at radius 3 is 2.94 bits per heavy atom. The molecule has 2 heteroatoms. The van der Waals surface area contributed by atoms with Crippen molar-refractivity contribution < 1.29 is 0 Å². The van der Waals surface area contributed by atoms with Crippen molar-refractivity contribution in [3.63, 3.8) is 0 Å². The third-order valence-corrected chi connectivity index (χ3v) is 2.89. The zero-order valence-corrected chi connectivity index (χ0v) is 10.4. The van der Waals surface area contributed by atoms with Crippen molar-refractivity contribution in [1.29, 1.82) is 0 Å². The van der Waals surface area contributed by atoms with E-state index >= 15 is 0 Å². The van der Waals surface area contributed by atoms with Crippen LogP contribution in [0.2, 0.25) is 5.02 Å². The second kappa shape index (κ2) is 7.33. The van der Waals surface area contributed by atoms with Crippen LogP contribution >= 0.6 is 11.6 Å². The maximum Gasteiger partial charge on any atom is 0.0408 e. The summed E-state index contributed by atoms with van der Waals surface area (Å²) in [7, 11) is 1.99. The van der Waals surface area contributed by atoms with E-state index in [0.717, 1.165) is 30.7 Å². The molecule has 0 heterocycles. The largest absolute Gasteiger partial charge is 0.317 e. The molecule has 0 amide bonds. The summed E-state index contributed by atoms with van der Waals surface area (Å²) in [6.45, 7) is 0. The lowest BCUT2D eigenvalue weighted by molar-refractivity contribution is 0.506. The summed E-state index contributed by atoms with van der Waals surface area (Å²) < 4.78 is 0. The van der Waals surface area contributed by atoms with Crippen molar-refractivity contribution in [3.8, 4) is 12.3 Å². The molecule has 1 unspecified atom stereocenters. The molecule has 0 aliphatic rings. The Morgan fingerprint density at radius 2 is 2.31 bits per heavy atom. The normalized spacial score (nSPS) is 12.1. The molecule has 0 spiro atoms. The van der Waals surface area contributed by atoms with Gasteiger partial charge >= 0.3 is 0 Å². The van der Waals surface area contributed by atoms with Gasteiger partial charge in [-0.15, -0.1) is 12.3 Å². The first-order valence-corrected chi connectivity index (χ1v) is 5.99. The molecule has 0 fully saturated rings. The number of terminal acetylenes is 1. The van der Waals surface area contributed by atoms with Gasteiger partial charge in [0.1, 0.15) is 0 Å². The Morgan fingerprint density at radius 1 is 1.50 bits per heavy atom. The number of hydrogen-bond acceptors (Lipinski definition) is 1. The van der Waals surface area contributed by atoms with Crippen LogP contribution in [0.25, 0.3) is 0 Å². The van der Waals surface area contributed by atoms with E-state index in [-0.39, 0.29) is 0 Å². The van der Waals surface area contributed by atoms with E-state index in [1.165, 1.54) is 5.56 Å². The van der Waals surface area contributed by atoms with Crippen molar-refractivity contribution in [3.05, 3.63) is 34.9 Å². The maximum absolute atomic E-state index is 5.95. The minimum Gasteiger partial charge on any atom is -0.317 e. The van der Waals surface area contributed by atoms with E-state index in [9.17, 15) is 0 Å². The van der Waals surface area contributed by atoms with Crippen LogP contribution in [0.1, 0.15) is 24.8 Å². The average Bonchev–Trinajstić information content (AvgIpc) is 2.28. The Balaban J connectivity index is 2.47. The van der Waals surface area contributed by atoms with Crippen LogP contribution in [-0.4, -0.2) is 13.1 Å². The molecule has 86 valence electrons. The number of rotatable bonds is 6. The van der Waals surface area contributed by atoms with Crippen LogP contribution in [0.3, 0.4) is 0 Å². The Hall–Kier alpha value is -0.970. The molecule has 1 aromatic carbocycles. The Kier molecular flexibility index (Phi) is 6.00. The number of halogens is 1. The molecule has 0 aliphatic heterocycles. The van der Waals surface area contributed by atoms with Gasteiger partial charge in [-0.2, -0.15) is 0 Å². The van der Waals surface area contributed by atoms with Crippen molar-refractivity contribution >= 4 is 11.6 Å². The van der Waals surface area contributed by atoms with E-state index in [1.807, 2.05) is 25.2 Å². The van der Waals surface area contributed by atoms with Gasteiger partial charge in [-0.25, -0.2) is 0 Å². The summed E-state index contributed by atoms with van der Waals surface area (Å²) in [5.74, 6) is 2.67. The topological polar surface area (TPSA) is 12.0 Å². The fourth-order valence-corrected chi connectivity index (χ4v) is 1.96. The van der Waals surface area contributed by atoms with Crippen molar-refractivity contribution in [1.82, 2.24) is 5.32 Å². The highest BCUT2D eigenvalue weighted by atomic mass is 35.5. The van der Waals surface area contributed by atoms with Crippen LogP contribution in [0.5, 0.6) is 0 Å². The lowest BCUT2D eigenvalue weighted by Crippen LogP contribution is -2.27. The minimum atomic E-state index is 0.479. The highest BCUT2D eigenvalue weighted by molar-refractivity contribution is 6.30. The van der Waals surface area contributed by atoms with Crippen molar-refractivity contribution in [2.24, 2.45) is 0 Å². The number of likely N-dealkylation sites (N-methyl/N-ethyl adjacent to an activating group) is 1. The van der Waals surface area contributed by atoms with Gasteiger partial charge in [0.2, 0.25) is 0 Å². The van der Waals surface area contributed by atoms with E-state index in [4.69, 9.17) is 18.0 Å². The summed E-state index contributed by atoms with van der Waals surface area (Å²) in [6, 6.07) is 8.50. The van der Waals surface area contributed by atoms with Crippen LogP contribution < -0.4 is 5.32 Å². The summed E-state index contributed by atoms with van der Waals surface area (Å²) in [6.07, 6.45) is 9.27. The Labute approximate surface area is 103 Å². The highest BCUT2D eigenvalue weighted by Gasteiger charge is 2.06. The molecule has 1 nitrogen and oxygen atoms in total. The van der Waals surface area contributed by atoms with E-state index in [2.05, 4.69) is 17.3 Å². The predicted molar refractivity (Wildman–Crippen MR) is 70.7 cm³/mol. The fourth-order valence-electron chi connectivity index (χ4n) is 1.75. The molecule has 1 atom stereocenters. The molecular weight excluding hydrogens is 218 g/mol. The summed E-state index contributed by atoms with van der Waals surface area (Å²) in [5.41, 5.74) is 1.27. The lowest BCUT2D eigenvalue weighted by atomic mass is 10.0. The van der Waals surface area contributed by atoms with Crippen LogP contribution in [-0.2, 0) is 6.42 Å². The van der Waals surface area contributed by atoms with Gasteiger partial charge in [0, 0.05) is 17.5 Å². The van der Waals surface area contributed by atoms with Crippen LogP contribution in [0.15, 0.2) is 24.3 Å². The first-order valence-electron chi connectivity index (χ1n) is 5.61. The van der Waals surface area contributed by atoms with Gasteiger partial charge in [0.25, 0.3) is 0 Å². The molecule has 1 aromatic rings. The Bertz CT molecular complexity index is 354. The fraction of sp³-hybridized carbons (Fsp3) is 0.429. The van der Waals surface area contributed by atoms with Gasteiger partial charge in [-0.05, 0) is 44.0 Å². The average molecular weight is 236 g/mol. The predicted octanol–water partition coefficient (Wildman–Crippen LogP) is 3.27. The molecule has 0 aromatic heterocycles. The lowest BCUT2D eigenvalue weighted by Gasteiger charge is -2.15. The monoisotopic (exact) mass is 235 g/mol. The number of hydrogen-bond donors (Lipinski definition) is 1. The van der Waals surface area contributed by atoms with Crippen molar-refractivity contribution in [2.75, 3.05) is 7.05 Å². The van der Waals surface area contributed by atoms with Gasteiger partial charge in [-0.1, -0.05) is 23.7 Å². The first-order chi connectivity index (χ1) is 7.76. The molecule has 1 rings (SSSR count). The van der Waals surface area contributed by atoms with Crippen LogP contribution in [0, 0.1) is 12.3 Å². The molecule has 0 saturated heterocycles. The van der Waals surface area contributed by atoms with Crippen molar-refractivity contribution in [2.45, 2.75) is 31.7 Å². The summed E-state index contributed by atoms with van der Waals surface area (Å²) >= 11 is 5.95. The number of nitrogens with one attached hydrogen (secondary N) is 1. The summed E-state index contributed by atoms with van der Waals surface area (Å²) in [5, 5.41) is 4.12. The molecule has 16 heavy (non-hydrogen) atoms. The van der Waals surface area contributed by atoms with Crippen LogP contribution in [0.4, 0.5) is 0 Å². The van der Waals surface area contributed by atoms with E-state index < -0.39 is 0 Å². The van der Waals surface area contributed by atoms with Gasteiger partial charge in [0.15, 0.2) is 0 Å². The second-order valence-electron chi connectivity index (χ2n) is 3.92. The van der Waals surface area contributed by atoms with E-state index in [0.29, 0.717) is 6.04 Å². The zero-order valence-electron chi connectivity index (χ0n) is 9.67. The number of unbranched alkanes of at least 4 members (excludes halogenated alkanes) is 1. The molecular formula is C14H18ClN. The smallest absolute Gasteiger partial charge is 0.0408 e. The standard InChI is InChI=1S/C14H18ClN/c1-3-4-5-9-14(16-2)11-12-7-6-8-13(15)10-12/h1,6-8,10,14,16H,4-5,9,11H2,2H3. The molecule has 1 N–H and O–H groups in total. The van der Waals surface area contributed by atoms with E-state index in [1.54, 1.807) is 0 Å². The second-order valence-corrected chi connectivity index (χ2v) is 4.35. The minimum absolute atomic E-state index is 0.479. The quantitative estimate of drug-likeness (QED) is 0.590. The third-order valence-electron chi connectivity index (χ3n) is 2.65. The maximum atomic E-state index is 5.95. The van der Waals surface area contributed by atoms with Gasteiger partial charge in [0.05, 0.1) is 0 Å². The summed E-state index contributed by atoms with van der Waals surface area (Å²) in [4.78, 5) is 0. The first kappa shape index (κ1) is 13.1. The molecule has 0 saturated carbocycles. The van der Waals surface area contributed by atoms with Gasteiger partial charge in [-0.3, -0.25) is 0 Å². The third kappa shape index (κ3) is 4.70. The highest BCUT2D eigenvalue weighted by Crippen LogP contribution is 2.14. The zero-order chi connectivity index (χ0) is 11.8. The molecule has 0 aliphatic carbocycles. The molecule has 0 bridgehead atoms.